The molecule has 1 N–H and O–H groups in total. The topological polar surface area (TPSA) is 61.9 Å². The first-order chi connectivity index (χ1) is 7.66. The van der Waals surface area contributed by atoms with Crippen LogP contribution in [0, 0.1) is 6.92 Å². The molecule has 0 bridgehead atoms. The van der Waals surface area contributed by atoms with Crippen LogP contribution < -0.4 is 0 Å². The summed E-state index contributed by atoms with van der Waals surface area (Å²) >= 11 is 1.48. The van der Waals surface area contributed by atoms with Crippen LogP contribution >= 0.6 is 11.3 Å². The van der Waals surface area contributed by atoms with Crippen molar-refractivity contribution in [3.63, 3.8) is 0 Å². The summed E-state index contributed by atoms with van der Waals surface area (Å²) in [6, 6.07) is 0. The van der Waals surface area contributed by atoms with E-state index >= 15 is 0 Å². The van der Waals surface area contributed by atoms with Gasteiger partial charge in [-0.25, -0.2) is 4.98 Å². The quantitative estimate of drug-likeness (QED) is 0.877. The summed E-state index contributed by atoms with van der Waals surface area (Å²) in [6.07, 6.45) is 3.48. The molecule has 1 amide bonds. The SMILES string of the molecule is Cc1nc(C(=O)N(C)Cc2cn[nH]c2)cs1. The number of rotatable bonds is 3. The van der Waals surface area contributed by atoms with E-state index in [0.717, 1.165) is 10.6 Å². The standard InChI is InChI=1S/C10H12N4OS/c1-7-13-9(6-16-7)10(15)14(2)5-8-3-11-12-4-8/h3-4,6H,5H2,1-2H3,(H,11,12). The summed E-state index contributed by atoms with van der Waals surface area (Å²) in [5, 5.41) is 9.24. The predicted octanol–water partition coefficient (Wildman–Crippen LogP) is 1.45. The average Bonchev–Trinajstić information content (AvgIpc) is 2.88. The fourth-order valence-electron chi connectivity index (χ4n) is 1.37. The molecule has 2 aromatic heterocycles. The lowest BCUT2D eigenvalue weighted by atomic mass is 10.3. The molecule has 0 radical (unpaired) electrons. The Hall–Kier alpha value is -1.69. The van der Waals surface area contributed by atoms with Gasteiger partial charge in [-0.15, -0.1) is 11.3 Å². The molecular formula is C10H12N4OS. The van der Waals surface area contributed by atoms with Gasteiger partial charge in [0.15, 0.2) is 0 Å². The van der Waals surface area contributed by atoms with Crippen LogP contribution in [0.3, 0.4) is 0 Å². The van der Waals surface area contributed by atoms with E-state index < -0.39 is 0 Å². The number of amides is 1. The third-order valence-corrected chi connectivity index (χ3v) is 2.93. The zero-order valence-electron chi connectivity index (χ0n) is 9.10. The third kappa shape index (κ3) is 2.27. The largest absolute Gasteiger partial charge is 0.336 e. The Morgan fingerprint density at radius 3 is 3.00 bits per heavy atom. The van der Waals surface area contributed by atoms with E-state index in [9.17, 15) is 4.79 Å². The molecule has 84 valence electrons. The summed E-state index contributed by atoms with van der Waals surface area (Å²) in [5.41, 5.74) is 1.48. The highest BCUT2D eigenvalue weighted by Gasteiger charge is 2.14. The molecule has 0 fully saturated rings. The van der Waals surface area contributed by atoms with Crippen molar-refractivity contribution in [2.45, 2.75) is 13.5 Å². The lowest BCUT2D eigenvalue weighted by Gasteiger charge is -2.14. The Morgan fingerprint density at radius 2 is 2.44 bits per heavy atom. The molecule has 2 rings (SSSR count). The van der Waals surface area contributed by atoms with Crippen LogP contribution in [-0.4, -0.2) is 33.0 Å². The molecule has 2 heterocycles. The second-order valence-electron chi connectivity index (χ2n) is 3.52. The lowest BCUT2D eigenvalue weighted by Crippen LogP contribution is -2.26. The van der Waals surface area contributed by atoms with Crippen molar-refractivity contribution in [2.24, 2.45) is 0 Å². The van der Waals surface area contributed by atoms with Crippen molar-refractivity contribution < 1.29 is 4.79 Å². The average molecular weight is 236 g/mol. The molecule has 0 aliphatic carbocycles. The van der Waals surface area contributed by atoms with Gasteiger partial charge in [0.25, 0.3) is 5.91 Å². The number of H-pyrrole nitrogens is 1. The molecule has 0 atom stereocenters. The molecular weight excluding hydrogens is 224 g/mol. The molecule has 0 spiro atoms. The number of nitrogens with one attached hydrogen (secondary N) is 1. The molecule has 5 nitrogen and oxygen atoms in total. The van der Waals surface area contributed by atoms with Crippen molar-refractivity contribution >= 4 is 17.2 Å². The Balaban J connectivity index is 2.05. The Bertz CT molecular complexity index is 477. The van der Waals surface area contributed by atoms with Crippen molar-refractivity contribution in [2.75, 3.05) is 7.05 Å². The number of aromatic amines is 1. The summed E-state index contributed by atoms with van der Waals surface area (Å²) in [7, 11) is 1.75. The molecule has 0 saturated heterocycles. The van der Waals surface area contributed by atoms with E-state index in [4.69, 9.17) is 0 Å². The van der Waals surface area contributed by atoms with Gasteiger partial charge in [0, 0.05) is 30.7 Å². The first kappa shape index (κ1) is 10.8. The second kappa shape index (κ2) is 4.44. The van der Waals surface area contributed by atoms with Gasteiger partial charge in [0.05, 0.1) is 11.2 Å². The minimum Gasteiger partial charge on any atom is -0.336 e. The third-order valence-electron chi connectivity index (χ3n) is 2.16. The van der Waals surface area contributed by atoms with Gasteiger partial charge in [-0.3, -0.25) is 9.89 Å². The fraction of sp³-hybridized carbons (Fsp3) is 0.300. The number of aromatic nitrogens is 3. The van der Waals surface area contributed by atoms with Gasteiger partial charge in [0.1, 0.15) is 5.69 Å². The highest BCUT2D eigenvalue weighted by Crippen LogP contribution is 2.11. The van der Waals surface area contributed by atoms with Gasteiger partial charge in [-0.2, -0.15) is 5.10 Å². The van der Waals surface area contributed by atoms with Gasteiger partial charge in [0.2, 0.25) is 0 Å². The summed E-state index contributed by atoms with van der Waals surface area (Å²) in [5.74, 6) is -0.0643. The Morgan fingerprint density at radius 1 is 1.62 bits per heavy atom. The number of thiazole rings is 1. The molecule has 0 aromatic carbocycles. The van der Waals surface area contributed by atoms with Gasteiger partial charge in [-0.05, 0) is 6.92 Å². The normalized spacial score (nSPS) is 10.4. The fourth-order valence-corrected chi connectivity index (χ4v) is 1.95. The van der Waals surface area contributed by atoms with E-state index in [1.54, 1.807) is 29.7 Å². The lowest BCUT2D eigenvalue weighted by molar-refractivity contribution is 0.0780. The van der Waals surface area contributed by atoms with Crippen molar-refractivity contribution in [3.8, 4) is 0 Å². The van der Waals surface area contributed by atoms with Crippen molar-refractivity contribution in [1.82, 2.24) is 20.1 Å². The van der Waals surface area contributed by atoms with E-state index in [1.807, 2.05) is 6.92 Å². The molecule has 16 heavy (non-hydrogen) atoms. The molecule has 6 heteroatoms. The predicted molar refractivity (Wildman–Crippen MR) is 61.2 cm³/mol. The number of carbonyl (C=O) groups is 1. The number of hydrogen-bond donors (Lipinski definition) is 1. The van der Waals surface area contributed by atoms with Crippen LogP contribution in [-0.2, 0) is 6.54 Å². The van der Waals surface area contributed by atoms with Gasteiger partial charge >= 0.3 is 0 Å². The van der Waals surface area contributed by atoms with Crippen LogP contribution in [0.4, 0.5) is 0 Å². The van der Waals surface area contributed by atoms with Crippen LogP contribution in [0.2, 0.25) is 0 Å². The van der Waals surface area contributed by atoms with E-state index in [-0.39, 0.29) is 5.91 Å². The second-order valence-corrected chi connectivity index (χ2v) is 4.58. The van der Waals surface area contributed by atoms with Gasteiger partial charge < -0.3 is 4.90 Å². The van der Waals surface area contributed by atoms with E-state index in [2.05, 4.69) is 15.2 Å². The maximum absolute atomic E-state index is 11.9. The Kier molecular flexibility index (Phi) is 3.00. The van der Waals surface area contributed by atoms with Crippen LogP contribution in [0.15, 0.2) is 17.8 Å². The number of nitrogens with zero attached hydrogens (tertiary/aromatic N) is 3. The Labute approximate surface area is 97.1 Å². The monoisotopic (exact) mass is 236 g/mol. The minimum atomic E-state index is -0.0643. The molecule has 0 aliphatic heterocycles. The van der Waals surface area contributed by atoms with E-state index in [0.29, 0.717) is 12.2 Å². The smallest absolute Gasteiger partial charge is 0.273 e. The molecule has 0 unspecified atom stereocenters. The zero-order chi connectivity index (χ0) is 11.5. The molecule has 0 saturated carbocycles. The number of aryl methyl sites for hydroxylation is 1. The van der Waals surface area contributed by atoms with Gasteiger partial charge in [-0.1, -0.05) is 0 Å². The maximum Gasteiger partial charge on any atom is 0.273 e. The van der Waals surface area contributed by atoms with Crippen molar-refractivity contribution in [1.29, 1.82) is 0 Å². The summed E-state index contributed by atoms with van der Waals surface area (Å²) in [6.45, 7) is 2.42. The minimum absolute atomic E-state index is 0.0643. The maximum atomic E-state index is 11.9. The van der Waals surface area contributed by atoms with E-state index in [1.165, 1.54) is 11.3 Å². The summed E-state index contributed by atoms with van der Waals surface area (Å²) < 4.78 is 0. The highest BCUT2D eigenvalue weighted by atomic mass is 32.1. The van der Waals surface area contributed by atoms with Crippen molar-refractivity contribution in [3.05, 3.63) is 34.0 Å². The van der Waals surface area contributed by atoms with Crippen LogP contribution in [0.1, 0.15) is 21.1 Å². The molecule has 2 aromatic rings. The summed E-state index contributed by atoms with van der Waals surface area (Å²) in [4.78, 5) is 17.7. The van der Waals surface area contributed by atoms with Crippen LogP contribution in [0.5, 0.6) is 0 Å². The first-order valence-electron chi connectivity index (χ1n) is 4.82. The van der Waals surface area contributed by atoms with Crippen LogP contribution in [0.25, 0.3) is 0 Å². The number of hydrogen-bond acceptors (Lipinski definition) is 4. The highest BCUT2D eigenvalue weighted by molar-refractivity contribution is 7.09. The molecule has 0 aliphatic rings. The number of carbonyl (C=O) groups excluding carboxylic acids is 1. The first-order valence-corrected chi connectivity index (χ1v) is 5.70. The zero-order valence-corrected chi connectivity index (χ0v) is 9.91.